The highest BCUT2D eigenvalue weighted by molar-refractivity contribution is 5.74. The van der Waals surface area contributed by atoms with E-state index in [4.69, 9.17) is 4.52 Å². The van der Waals surface area contributed by atoms with Crippen LogP contribution in [0.4, 0.5) is 13.2 Å². The van der Waals surface area contributed by atoms with Crippen molar-refractivity contribution in [2.45, 2.75) is 52.1 Å². The number of halogens is 3. The molecule has 1 aromatic heterocycles. The zero-order chi connectivity index (χ0) is 15.4. The molecule has 1 N–H and O–H groups in total. The molecular formula is C12H17F3N2O3. The predicted molar refractivity (Wildman–Crippen MR) is 63.0 cm³/mol. The summed E-state index contributed by atoms with van der Waals surface area (Å²) >= 11 is 0. The van der Waals surface area contributed by atoms with Crippen molar-refractivity contribution < 1.29 is 27.6 Å². The maximum absolute atomic E-state index is 12.1. The van der Waals surface area contributed by atoms with Gasteiger partial charge in [0.15, 0.2) is 5.82 Å². The molecule has 1 rings (SSSR count). The first-order chi connectivity index (χ1) is 9.22. The van der Waals surface area contributed by atoms with Crippen molar-refractivity contribution in [1.82, 2.24) is 10.1 Å². The normalized spacial score (nSPS) is 12.7. The molecule has 1 aromatic rings. The van der Waals surface area contributed by atoms with Crippen molar-refractivity contribution in [2.75, 3.05) is 0 Å². The fourth-order valence-corrected chi connectivity index (χ4v) is 1.88. The average Bonchev–Trinajstić information content (AvgIpc) is 2.80. The summed E-state index contributed by atoms with van der Waals surface area (Å²) in [6, 6.07) is 0. The molecule has 0 atom stereocenters. The van der Waals surface area contributed by atoms with Crippen LogP contribution in [0.15, 0.2) is 4.52 Å². The van der Waals surface area contributed by atoms with E-state index in [9.17, 15) is 23.1 Å². The molecule has 20 heavy (non-hydrogen) atoms. The van der Waals surface area contributed by atoms with Gasteiger partial charge in [0, 0.05) is 12.8 Å². The van der Waals surface area contributed by atoms with Gasteiger partial charge in [0.05, 0.1) is 11.8 Å². The molecule has 1 heterocycles. The van der Waals surface area contributed by atoms with Crippen LogP contribution in [0.25, 0.3) is 0 Å². The fourth-order valence-electron chi connectivity index (χ4n) is 1.88. The van der Waals surface area contributed by atoms with Crippen LogP contribution in [-0.4, -0.2) is 27.4 Å². The summed E-state index contributed by atoms with van der Waals surface area (Å²) in [6.45, 7) is 3.47. The summed E-state index contributed by atoms with van der Waals surface area (Å²) in [6.07, 6.45) is -4.91. The molecule has 5 nitrogen and oxygen atoms in total. The molecule has 0 radical (unpaired) electrons. The highest BCUT2D eigenvalue weighted by atomic mass is 19.4. The summed E-state index contributed by atoms with van der Waals surface area (Å²) in [5, 5.41) is 12.7. The standard InChI is InChI=1S/C12H17F3N2O3/c1-3-11(4-2,10(18)19)7-9-16-8(17-20-9)5-6-12(13,14)15/h3-7H2,1-2H3,(H,18,19). The fraction of sp³-hybridized carbons (Fsp3) is 0.750. The minimum absolute atomic E-state index is 0.0222. The van der Waals surface area contributed by atoms with Crippen LogP contribution < -0.4 is 0 Å². The number of aliphatic carboxylic acids is 1. The lowest BCUT2D eigenvalue weighted by atomic mass is 9.79. The highest BCUT2D eigenvalue weighted by Crippen LogP contribution is 2.31. The third-order valence-corrected chi connectivity index (χ3v) is 3.44. The second-order valence-corrected chi connectivity index (χ2v) is 4.69. The molecule has 0 saturated heterocycles. The molecule has 0 spiro atoms. The van der Waals surface area contributed by atoms with Gasteiger partial charge in [-0.3, -0.25) is 4.79 Å². The van der Waals surface area contributed by atoms with E-state index >= 15 is 0 Å². The Bertz CT molecular complexity index is 453. The number of aryl methyl sites for hydroxylation is 1. The number of nitrogens with zero attached hydrogens (tertiary/aromatic N) is 2. The van der Waals surface area contributed by atoms with E-state index in [2.05, 4.69) is 10.1 Å². The van der Waals surface area contributed by atoms with Gasteiger partial charge in [-0.15, -0.1) is 0 Å². The van der Waals surface area contributed by atoms with E-state index in [-0.39, 0.29) is 24.6 Å². The Kier molecular flexibility index (Phi) is 5.13. The Hall–Kier alpha value is -1.60. The Morgan fingerprint density at radius 3 is 2.35 bits per heavy atom. The zero-order valence-electron chi connectivity index (χ0n) is 11.3. The number of carbonyl (C=O) groups is 1. The van der Waals surface area contributed by atoms with Gasteiger partial charge in [0.25, 0.3) is 0 Å². The molecule has 0 aromatic carbocycles. The molecule has 0 bridgehead atoms. The summed E-state index contributed by atoms with van der Waals surface area (Å²) in [4.78, 5) is 15.1. The number of carboxylic acid groups (broad SMARTS) is 1. The number of carboxylic acids is 1. The van der Waals surface area contributed by atoms with Gasteiger partial charge < -0.3 is 9.63 Å². The molecule has 0 unspecified atom stereocenters. The van der Waals surface area contributed by atoms with Gasteiger partial charge >= 0.3 is 12.1 Å². The van der Waals surface area contributed by atoms with Crippen LogP contribution in [-0.2, 0) is 17.6 Å². The Morgan fingerprint density at radius 2 is 1.90 bits per heavy atom. The number of aromatic nitrogens is 2. The number of hydrogen-bond acceptors (Lipinski definition) is 4. The molecule has 0 amide bonds. The molecule has 0 fully saturated rings. The van der Waals surface area contributed by atoms with Gasteiger partial charge in [-0.1, -0.05) is 19.0 Å². The maximum Gasteiger partial charge on any atom is 0.389 e. The lowest BCUT2D eigenvalue weighted by Crippen LogP contribution is -2.32. The quantitative estimate of drug-likeness (QED) is 0.836. The van der Waals surface area contributed by atoms with Crippen LogP contribution >= 0.6 is 0 Å². The van der Waals surface area contributed by atoms with Crippen molar-refractivity contribution in [1.29, 1.82) is 0 Å². The SMILES string of the molecule is CCC(CC)(Cc1nc(CCC(F)(F)F)no1)C(=O)O. The van der Waals surface area contributed by atoms with Crippen LogP contribution in [0, 0.1) is 5.41 Å². The summed E-state index contributed by atoms with van der Waals surface area (Å²) in [5.74, 6) is -0.963. The smallest absolute Gasteiger partial charge is 0.389 e. The molecular weight excluding hydrogens is 277 g/mol. The van der Waals surface area contributed by atoms with Gasteiger partial charge in [-0.05, 0) is 12.8 Å². The topological polar surface area (TPSA) is 76.2 Å². The van der Waals surface area contributed by atoms with Crippen molar-refractivity contribution in [3.63, 3.8) is 0 Å². The van der Waals surface area contributed by atoms with Crippen molar-refractivity contribution in [3.8, 4) is 0 Å². The van der Waals surface area contributed by atoms with Crippen LogP contribution in [0.3, 0.4) is 0 Å². The molecule has 114 valence electrons. The zero-order valence-corrected chi connectivity index (χ0v) is 11.3. The van der Waals surface area contributed by atoms with Gasteiger partial charge in [0.2, 0.25) is 5.89 Å². The Labute approximate surface area is 114 Å². The van der Waals surface area contributed by atoms with E-state index in [0.717, 1.165) is 0 Å². The monoisotopic (exact) mass is 294 g/mol. The minimum atomic E-state index is -4.28. The number of alkyl halides is 3. The largest absolute Gasteiger partial charge is 0.481 e. The first kappa shape index (κ1) is 16.5. The average molecular weight is 294 g/mol. The van der Waals surface area contributed by atoms with E-state index in [1.165, 1.54) is 0 Å². The first-order valence-corrected chi connectivity index (χ1v) is 6.34. The Morgan fingerprint density at radius 1 is 1.30 bits per heavy atom. The molecule has 0 saturated carbocycles. The third kappa shape index (κ3) is 4.21. The number of rotatable bonds is 7. The van der Waals surface area contributed by atoms with Gasteiger partial charge in [-0.2, -0.15) is 18.2 Å². The lowest BCUT2D eigenvalue weighted by molar-refractivity contribution is -0.149. The van der Waals surface area contributed by atoms with E-state index in [1.54, 1.807) is 13.8 Å². The Balaban J connectivity index is 2.74. The predicted octanol–water partition coefficient (Wildman–Crippen LogP) is 3.00. The van der Waals surface area contributed by atoms with Crippen molar-refractivity contribution >= 4 is 5.97 Å². The minimum Gasteiger partial charge on any atom is -0.481 e. The van der Waals surface area contributed by atoms with Gasteiger partial charge in [0.1, 0.15) is 0 Å². The summed E-state index contributed by atoms with van der Waals surface area (Å²) < 4.78 is 41.1. The molecule has 0 aliphatic carbocycles. The summed E-state index contributed by atoms with van der Waals surface area (Å²) in [7, 11) is 0. The van der Waals surface area contributed by atoms with Crippen LogP contribution in [0.5, 0.6) is 0 Å². The second kappa shape index (κ2) is 6.23. The number of hydrogen-bond donors (Lipinski definition) is 1. The first-order valence-electron chi connectivity index (χ1n) is 6.34. The van der Waals surface area contributed by atoms with E-state index < -0.39 is 24.0 Å². The maximum atomic E-state index is 12.1. The van der Waals surface area contributed by atoms with Crippen LogP contribution in [0.2, 0.25) is 0 Å². The molecule has 8 heteroatoms. The summed E-state index contributed by atoms with van der Waals surface area (Å²) in [5.41, 5.74) is -1.02. The van der Waals surface area contributed by atoms with E-state index in [1.807, 2.05) is 0 Å². The second-order valence-electron chi connectivity index (χ2n) is 4.69. The van der Waals surface area contributed by atoms with E-state index in [0.29, 0.717) is 12.8 Å². The van der Waals surface area contributed by atoms with Crippen LogP contribution in [0.1, 0.15) is 44.8 Å². The van der Waals surface area contributed by atoms with Crippen molar-refractivity contribution in [2.24, 2.45) is 5.41 Å². The van der Waals surface area contributed by atoms with Gasteiger partial charge in [-0.25, -0.2) is 0 Å². The lowest BCUT2D eigenvalue weighted by Gasteiger charge is -2.24. The van der Waals surface area contributed by atoms with Crippen molar-refractivity contribution in [3.05, 3.63) is 11.7 Å². The third-order valence-electron chi connectivity index (χ3n) is 3.44. The molecule has 0 aliphatic rings. The molecule has 0 aliphatic heterocycles. The highest BCUT2D eigenvalue weighted by Gasteiger charge is 2.37.